The molecule has 0 spiro atoms. The molecule has 0 aromatic heterocycles. The Hall–Kier alpha value is -2.62. The number of amides is 1. The third kappa shape index (κ3) is 4.44. The molecule has 0 radical (unpaired) electrons. The second-order valence-electron chi connectivity index (χ2n) is 6.70. The predicted molar refractivity (Wildman–Crippen MR) is 97.8 cm³/mol. The molecule has 0 aliphatic heterocycles. The summed E-state index contributed by atoms with van der Waals surface area (Å²) >= 11 is 0. The zero-order chi connectivity index (χ0) is 17.7. The molecule has 0 bridgehead atoms. The smallest absolute Gasteiger partial charge is 0.271 e. The molecule has 4 heteroatoms. The molecule has 0 heterocycles. The highest BCUT2D eigenvalue weighted by molar-refractivity contribution is 6.01. The number of nitrogens with one attached hydrogen (secondary N) is 1. The van der Waals surface area contributed by atoms with Crippen molar-refractivity contribution in [2.75, 3.05) is 7.11 Å². The number of carbonyl (C=O) groups is 1. The second kappa shape index (κ2) is 7.30. The van der Waals surface area contributed by atoms with Gasteiger partial charge in [0.05, 0.1) is 12.8 Å². The molecule has 24 heavy (non-hydrogen) atoms. The largest absolute Gasteiger partial charge is 0.497 e. The summed E-state index contributed by atoms with van der Waals surface area (Å²) in [7, 11) is 1.62. The van der Waals surface area contributed by atoms with Crippen molar-refractivity contribution in [2.24, 2.45) is 5.10 Å². The first-order valence-electron chi connectivity index (χ1n) is 7.91. The molecular weight excluding hydrogens is 300 g/mol. The molecule has 1 N–H and O–H groups in total. The van der Waals surface area contributed by atoms with E-state index in [1.807, 2.05) is 55.5 Å². The highest BCUT2D eigenvalue weighted by atomic mass is 16.5. The molecular formula is C20H24N2O2. The van der Waals surface area contributed by atoms with Crippen LogP contribution in [0, 0.1) is 0 Å². The molecule has 2 aromatic carbocycles. The Morgan fingerprint density at radius 2 is 1.71 bits per heavy atom. The number of nitrogens with zero attached hydrogens (tertiary/aromatic N) is 1. The Bertz CT molecular complexity index is 741. The second-order valence-corrected chi connectivity index (χ2v) is 6.70. The fraction of sp³-hybridized carbons (Fsp3) is 0.300. The number of methoxy groups -OCH3 is 1. The number of ether oxygens (including phenoxy) is 1. The zero-order valence-corrected chi connectivity index (χ0v) is 14.9. The summed E-state index contributed by atoms with van der Waals surface area (Å²) in [4.78, 5) is 12.2. The zero-order valence-electron chi connectivity index (χ0n) is 14.9. The molecule has 2 rings (SSSR count). The Morgan fingerprint density at radius 3 is 2.29 bits per heavy atom. The van der Waals surface area contributed by atoms with Gasteiger partial charge in [-0.1, -0.05) is 45.0 Å². The Kier molecular flexibility index (Phi) is 5.39. The van der Waals surface area contributed by atoms with Gasteiger partial charge in [-0.3, -0.25) is 4.79 Å². The molecule has 0 saturated carbocycles. The maximum absolute atomic E-state index is 12.2. The number of hydrogen-bond donors (Lipinski definition) is 1. The quantitative estimate of drug-likeness (QED) is 0.678. The van der Waals surface area contributed by atoms with Gasteiger partial charge in [0.15, 0.2) is 0 Å². The van der Waals surface area contributed by atoms with Crippen molar-refractivity contribution in [2.45, 2.75) is 33.1 Å². The summed E-state index contributed by atoms with van der Waals surface area (Å²) in [6.07, 6.45) is 0. The summed E-state index contributed by atoms with van der Waals surface area (Å²) in [6.45, 7) is 8.27. The highest BCUT2D eigenvalue weighted by Crippen LogP contribution is 2.22. The standard InChI is InChI=1S/C20H24N2O2/c1-14(16-7-6-8-18(13-16)24-5)21-22-19(23)15-9-11-17(12-10-15)20(2,3)4/h6-13H,1-5H3,(H,22,23)/b21-14+. The molecule has 0 fully saturated rings. The molecule has 0 saturated heterocycles. The van der Waals surface area contributed by atoms with Crippen LogP contribution in [-0.4, -0.2) is 18.7 Å². The van der Waals surface area contributed by atoms with Gasteiger partial charge in [-0.25, -0.2) is 5.43 Å². The van der Waals surface area contributed by atoms with Crippen molar-refractivity contribution >= 4 is 11.6 Å². The van der Waals surface area contributed by atoms with Crippen molar-refractivity contribution in [3.63, 3.8) is 0 Å². The molecule has 0 aliphatic carbocycles. The molecule has 126 valence electrons. The monoisotopic (exact) mass is 324 g/mol. The van der Waals surface area contributed by atoms with Crippen molar-refractivity contribution in [3.05, 3.63) is 65.2 Å². The van der Waals surface area contributed by atoms with E-state index in [0.717, 1.165) is 11.3 Å². The Balaban J connectivity index is 2.08. The number of rotatable bonds is 4. The minimum Gasteiger partial charge on any atom is -0.497 e. The van der Waals surface area contributed by atoms with E-state index < -0.39 is 0 Å². The van der Waals surface area contributed by atoms with E-state index in [4.69, 9.17) is 4.74 Å². The Morgan fingerprint density at radius 1 is 1.04 bits per heavy atom. The molecule has 0 unspecified atom stereocenters. The van der Waals surface area contributed by atoms with E-state index in [1.165, 1.54) is 5.56 Å². The summed E-state index contributed by atoms with van der Waals surface area (Å²) in [5, 5.41) is 4.18. The van der Waals surface area contributed by atoms with E-state index in [1.54, 1.807) is 7.11 Å². The van der Waals surface area contributed by atoms with Gasteiger partial charge < -0.3 is 4.74 Å². The van der Waals surface area contributed by atoms with Crippen LogP contribution < -0.4 is 10.2 Å². The number of hydrazone groups is 1. The molecule has 0 atom stereocenters. The minimum atomic E-state index is -0.224. The first kappa shape index (κ1) is 17.7. The van der Waals surface area contributed by atoms with Crippen molar-refractivity contribution in [3.8, 4) is 5.75 Å². The molecule has 1 amide bonds. The molecule has 2 aromatic rings. The first-order chi connectivity index (χ1) is 11.3. The van der Waals surface area contributed by atoms with E-state index in [-0.39, 0.29) is 11.3 Å². The van der Waals surface area contributed by atoms with Gasteiger partial charge in [-0.15, -0.1) is 0 Å². The Labute approximate surface area is 143 Å². The summed E-state index contributed by atoms with van der Waals surface area (Å²) in [6, 6.07) is 15.2. The lowest BCUT2D eigenvalue weighted by Crippen LogP contribution is -2.20. The fourth-order valence-corrected chi connectivity index (χ4v) is 2.23. The maximum atomic E-state index is 12.2. The van der Waals surface area contributed by atoms with E-state index in [2.05, 4.69) is 31.3 Å². The van der Waals surface area contributed by atoms with Crippen molar-refractivity contribution in [1.82, 2.24) is 5.43 Å². The van der Waals surface area contributed by atoms with Crippen LogP contribution in [0.5, 0.6) is 5.75 Å². The van der Waals surface area contributed by atoms with Gasteiger partial charge in [0.25, 0.3) is 5.91 Å². The normalized spacial score (nSPS) is 12.0. The van der Waals surface area contributed by atoms with Crippen molar-refractivity contribution in [1.29, 1.82) is 0 Å². The van der Waals surface area contributed by atoms with Gasteiger partial charge in [-0.2, -0.15) is 5.10 Å². The SMILES string of the molecule is COc1cccc(/C(C)=N/NC(=O)c2ccc(C(C)(C)C)cc2)c1. The first-order valence-corrected chi connectivity index (χ1v) is 7.91. The average molecular weight is 324 g/mol. The van der Waals surface area contributed by atoms with Gasteiger partial charge >= 0.3 is 0 Å². The van der Waals surface area contributed by atoms with Crippen LogP contribution in [-0.2, 0) is 5.41 Å². The summed E-state index contributed by atoms with van der Waals surface area (Å²) in [5.41, 5.74) is 6.06. The average Bonchev–Trinajstić information content (AvgIpc) is 2.58. The fourth-order valence-electron chi connectivity index (χ4n) is 2.23. The number of carbonyl (C=O) groups excluding carboxylic acids is 1. The van der Waals surface area contributed by atoms with Crippen LogP contribution in [0.15, 0.2) is 53.6 Å². The van der Waals surface area contributed by atoms with Gasteiger partial charge in [0, 0.05) is 11.1 Å². The van der Waals surface area contributed by atoms with Crippen LogP contribution in [0.1, 0.15) is 49.2 Å². The maximum Gasteiger partial charge on any atom is 0.271 e. The van der Waals surface area contributed by atoms with Crippen LogP contribution in [0.2, 0.25) is 0 Å². The third-order valence-electron chi connectivity index (χ3n) is 3.83. The van der Waals surface area contributed by atoms with Crippen LogP contribution in [0.4, 0.5) is 0 Å². The van der Waals surface area contributed by atoms with Crippen molar-refractivity contribution < 1.29 is 9.53 Å². The van der Waals surface area contributed by atoms with E-state index in [0.29, 0.717) is 11.3 Å². The van der Waals surface area contributed by atoms with Crippen LogP contribution in [0.3, 0.4) is 0 Å². The lowest BCUT2D eigenvalue weighted by Gasteiger charge is -2.18. The van der Waals surface area contributed by atoms with Crippen LogP contribution in [0.25, 0.3) is 0 Å². The van der Waals surface area contributed by atoms with E-state index >= 15 is 0 Å². The minimum absolute atomic E-state index is 0.0656. The summed E-state index contributed by atoms with van der Waals surface area (Å²) in [5.74, 6) is 0.531. The van der Waals surface area contributed by atoms with Gasteiger partial charge in [0.1, 0.15) is 5.75 Å². The van der Waals surface area contributed by atoms with Crippen LogP contribution >= 0.6 is 0 Å². The molecule has 4 nitrogen and oxygen atoms in total. The molecule has 0 aliphatic rings. The summed E-state index contributed by atoms with van der Waals surface area (Å²) < 4.78 is 5.20. The highest BCUT2D eigenvalue weighted by Gasteiger charge is 2.14. The topological polar surface area (TPSA) is 50.7 Å². The predicted octanol–water partition coefficient (Wildman–Crippen LogP) is 4.15. The van der Waals surface area contributed by atoms with Gasteiger partial charge in [0.2, 0.25) is 0 Å². The lowest BCUT2D eigenvalue weighted by atomic mass is 9.87. The number of hydrogen-bond acceptors (Lipinski definition) is 3. The van der Waals surface area contributed by atoms with E-state index in [9.17, 15) is 4.79 Å². The van der Waals surface area contributed by atoms with Gasteiger partial charge in [-0.05, 0) is 42.2 Å². The lowest BCUT2D eigenvalue weighted by molar-refractivity contribution is 0.0955. The number of benzene rings is 2. The third-order valence-corrected chi connectivity index (χ3v) is 3.83.